The van der Waals surface area contributed by atoms with E-state index >= 15 is 0 Å². The number of halogens is 2. The van der Waals surface area contributed by atoms with Crippen molar-refractivity contribution < 1.29 is 14.0 Å². The predicted molar refractivity (Wildman–Crippen MR) is 143 cm³/mol. The molecule has 200 valence electrons. The maximum Gasteiger partial charge on any atom is 0.318 e. The number of hydrogen-bond donors (Lipinski definition) is 2. The van der Waals surface area contributed by atoms with Gasteiger partial charge < -0.3 is 16.0 Å². The molecule has 3 saturated carbocycles. The summed E-state index contributed by atoms with van der Waals surface area (Å²) in [5.41, 5.74) is 9.15. The Morgan fingerprint density at radius 3 is 2.36 bits per heavy atom. The van der Waals surface area contributed by atoms with Crippen molar-refractivity contribution in [1.29, 1.82) is 5.26 Å². The summed E-state index contributed by atoms with van der Waals surface area (Å²) in [6.45, 7) is 1.04. The van der Waals surface area contributed by atoms with Gasteiger partial charge >= 0.3 is 6.03 Å². The fourth-order valence-corrected chi connectivity index (χ4v) is 6.79. The van der Waals surface area contributed by atoms with Crippen molar-refractivity contribution in [2.45, 2.75) is 62.6 Å². The minimum atomic E-state index is -0.661. The summed E-state index contributed by atoms with van der Waals surface area (Å²) in [5.74, 6) is -1.22. The quantitative estimate of drug-likeness (QED) is 0.485. The molecule has 0 atom stereocenters. The molecule has 0 radical (unpaired) electrons. The van der Waals surface area contributed by atoms with Crippen LogP contribution in [0.15, 0.2) is 42.5 Å². The van der Waals surface area contributed by atoms with Gasteiger partial charge in [0.2, 0.25) is 0 Å². The molecule has 3 aliphatic carbocycles. The molecule has 8 nitrogen and oxygen atoms in total. The highest BCUT2D eigenvalue weighted by Crippen LogP contribution is 2.53. The number of nitrogens with zero attached hydrogens (tertiary/aromatic N) is 4. The van der Waals surface area contributed by atoms with E-state index in [0.29, 0.717) is 35.6 Å². The van der Waals surface area contributed by atoms with Crippen molar-refractivity contribution in [3.05, 3.63) is 75.7 Å². The molecular weight excluding hydrogens is 519 g/mol. The van der Waals surface area contributed by atoms with Crippen LogP contribution in [0.4, 0.5) is 9.18 Å². The second-order valence-electron chi connectivity index (χ2n) is 11.0. The molecule has 3 N–H and O–H groups in total. The van der Waals surface area contributed by atoms with E-state index in [-0.39, 0.29) is 34.1 Å². The fraction of sp³-hybridized carbons (Fsp3) is 0.379. The maximum absolute atomic E-state index is 13.7. The lowest BCUT2D eigenvalue weighted by Gasteiger charge is -2.54. The van der Waals surface area contributed by atoms with Crippen molar-refractivity contribution in [3.8, 4) is 17.3 Å². The Morgan fingerprint density at radius 2 is 1.74 bits per heavy atom. The number of fused-ring (bicyclic) bond motifs is 4. The summed E-state index contributed by atoms with van der Waals surface area (Å²) in [6.07, 6.45) is 5.65. The van der Waals surface area contributed by atoms with Gasteiger partial charge in [-0.05, 0) is 79.8 Å². The molecule has 2 heterocycles. The third-order valence-corrected chi connectivity index (χ3v) is 9.24. The number of benzene rings is 2. The Morgan fingerprint density at radius 1 is 1.05 bits per heavy atom. The van der Waals surface area contributed by atoms with Gasteiger partial charge in [-0.15, -0.1) is 0 Å². The third-order valence-electron chi connectivity index (χ3n) is 8.95. The predicted octanol–water partition coefficient (Wildman–Crippen LogP) is 4.88. The van der Waals surface area contributed by atoms with E-state index in [1.54, 1.807) is 9.58 Å². The van der Waals surface area contributed by atoms with Gasteiger partial charge in [0.1, 0.15) is 11.5 Å². The molecule has 10 heteroatoms. The molecule has 7 rings (SSSR count). The first-order valence-electron chi connectivity index (χ1n) is 13.2. The summed E-state index contributed by atoms with van der Waals surface area (Å²) >= 11 is 5.97. The highest BCUT2D eigenvalue weighted by atomic mass is 35.5. The highest BCUT2D eigenvalue weighted by molar-refractivity contribution is 6.31. The molecule has 2 aromatic carbocycles. The number of amides is 3. The largest absolute Gasteiger partial charge is 0.365 e. The summed E-state index contributed by atoms with van der Waals surface area (Å²) < 4.78 is 15.4. The lowest BCUT2D eigenvalue weighted by molar-refractivity contribution is 0.0750. The molecule has 3 fully saturated rings. The van der Waals surface area contributed by atoms with Gasteiger partial charge in [-0.2, -0.15) is 10.4 Å². The number of nitrogens with one attached hydrogen (secondary N) is 1. The van der Waals surface area contributed by atoms with Crippen molar-refractivity contribution in [1.82, 2.24) is 20.0 Å². The summed E-state index contributed by atoms with van der Waals surface area (Å²) in [7, 11) is 0. The molecule has 1 aliphatic heterocycles. The van der Waals surface area contributed by atoms with Crippen LogP contribution >= 0.6 is 11.6 Å². The van der Waals surface area contributed by atoms with E-state index in [0.717, 1.165) is 38.5 Å². The molecule has 0 unspecified atom stereocenters. The van der Waals surface area contributed by atoms with Crippen LogP contribution in [-0.2, 0) is 18.5 Å². The van der Waals surface area contributed by atoms with E-state index in [1.165, 1.54) is 23.8 Å². The molecular formula is C29H28ClFN6O2. The van der Waals surface area contributed by atoms with Gasteiger partial charge in [0, 0.05) is 17.6 Å². The summed E-state index contributed by atoms with van der Waals surface area (Å²) in [6, 6.07) is 14.1. The van der Waals surface area contributed by atoms with Crippen LogP contribution in [0.25, 0.3) is 11.3 Å². The van der Waals surface area contributed by atoms with E-state index in [2.05, 4.69) is 28.6 Å². The molecule has 3 aromatic rings. The third kappa shape index (κ3) is 4.33. The number of rotatable bonds is 4. The monoisotopic (exact) mass is 546 g/mol. The van der Waals surface area contributed by atoms with E-state index in [4.69, 9.17) is 22.6 Å². The van der Waals surface area contributed by atoms with Crippen LogP contribution in [0.1, 0.15) is 65.7 Å². The number of nitriles is 1. The van der Waals surface area contributed by atoms with Crippen LogP contribution in [0, 0.1) is 17.1 Å². The van der Waals surface area contributed by atoms with Gasteiger partial charge in [-0.3, -0.25) is 9.48 Å². The Bertz CT molecular complexity index is 1500. The van der Waals surface area contributed by atoms with Crippen LogP contribution < -0.4 is 11.1 Å². The Balaban J connectivity index is 1.18. The van der Waals surface area contributed by atoms with E-state index < -0.39 is 11.7 Å². The molecule has 1 aromatic heterocycles. The van der Waals surface area contributed by atoms with Crippen molar-refractivity contribution in [2.75, 3.05) is 6.54 Å². The summed E-state index contributed by atoms with van der Waals surface area (Å²) in [5, 5.41) is 17.0. The highest BCUT2D eigenvalue weighted by Gasteiger charge is 2.50. The normalized spacial score (nSPS) is 23.7. The average molecular weight is 547 g/mol. The Hall–Kier alpha value is -3.90. The van der Waals surface area contributed by atoms with Crippen LogP contribution in [0.5, 0.6) is 0 Å². The van der Waals surface area contributed by atoms with Crippen molar-refractivity contribution >= 4 is 23.5 Å². The SMILES string of the molecule is N#Cc1ccc(C23CCC(NC(=O)N4CCn5nc(-c6ccc(F)c(Cl)c6)c(C(N)=O)c5C4)(CC2)CC3)cc1. The number of urea groups is 1. The number of carbonyl (C=O) groups excluding carboxylic acids is 2. The van der Waals surface area contributed by atoms with Gasteiger partial charge in [-0.25, -0.2) is 9.18 Å². The zero-order valence-corrected chi connectivity index (χ0v) is 22.1. The molecule has 3 amide bonds. The minimum absolute atomic E-state index is 0.0719. The van der Waals surface area contributed by atoms with Crippen LogP contribution in [-0.4, -0.2) is 38.7 Å². The van der Waals surface area contributed by atoms with Gasteiger partial charge in [-0.1, -0.05) is 23.7 Å². The molecule has 2 bridgehead atoms. The zero-order valence-electron chi connectivity index (χ0n) is 21.3. The lowest BCUT2D eigenvalue weighted by Crippen LogP contribution is -2.60. The second-order valence-corrected chi connectivity index (χ2v) is 11.4. The summed E-state index contributed by atoms with van der Waals surface area (Å²) in [4.78, 5) is 27.7. The van der Waals surface area contributed by atoms with Crippen molar-refractivity contribution in [2.24, 2.45) is 5.73 Å². The van der Waals surface area contributed by atoms with Crippen LogP contribution in [0.3, 0.4) is 0 Å². The van der Waals surface area contributed by atoms with Crippen molar-refractivity contribution in [3.63, 3.8) is 0 Å². The number of primary amides is 1. The van der Waals surface area contributed by atoms with E-state index in [9.17, 15) is 14.0 Å². The number of carbonyl (C=O) groups is 2. The standard InChI is InChI=1S/C29H28ClFN6O2/c30-21-15-19(3-6-22(21)31)25-24(26(33)38)23-17-36(13-14-37(23)35-25)27(39)34-29-10-7-28(8-11-29,9-12-29)20-4-1-18(16-32)2-5-20/h1-6,15H,7-14,17H2,(H2,33,38)(H,34,39). The smallest absolute Gasteiger partial charge is 0.318 e. The first-order valence-corrected chi connectivity index (χ1v) is 13.5. The number of aromatic nitrogens is 2. The second kappa shape index (κ2) is 9.38. The number of hydrogen-bond acceptors (Lipinski definition) is 4. The Kier molecular flexibility index (Phi) is 6.11. The first-order chi connectivity index (χ1) is 18.7. The topological polar surface area (TPSA) is 117 Å². The van der Waals surface area contributed by atoms with Gasteiger partial charge in [0.05, 0.1) is 41.0 Å². The average Bonchev–Trinajstić information content (AvgIpc) is 3.34. The first kappa shape index (κ1) is 25.4. The maximum atomic E-state index is 13.7. The lowest BCUT2D eigenvalue weighted by atomic mass is 9.55. The number of nitrogens with two attached hydrogens (primary N) is 1. The minimum Gasteiger partial charge on any atom is -0.365 e. The molecule has 0 spiro atoms. The Labute approximate surface area is 230 Å². The van der Waals surface area contributed by atoms with Gasteiger partial charge in [0.25, 0.3) is 5.91 Å². The van der Waals surface area contributed by atoms with Crippen LogP contribution in [0.2, 0.25) is 5.02 Å². The zero-order chi connectivity index (χ0) is 27.4. The van der Waals surface area contributed by atoms with Gasteiger partial charge in [0.15, 0.2) is 0 Å². The molecule has 39 heavy (non-hydrogen) atoms. The van der Waals surface area contributed by atoms with E-state index in [1.807, 2.05) is 12.1 Å². The fourth-order valence-electron chi connectivity index (χ4n) is 6.61. The molecule has 0 saturated heterocycles. The molecule has 4 aliphatic rings.